The average Bonchev–Trinajstić information content (AvgIpc) is 2.26. The minimum atomic E-state index is 0.520. The molecule has 0 heterocycles. The molecule has 0 saturated heterocycles. The Morgan fingerprint density at radius 1 is 0.800 bits per heavy atom. The van der Waals surface area contributed by atoms with Gasteiger partial charge < -0.3 is 18.9 Å². The van der Waals surface area contributed by atoms with Crippen molar-refractivity contribution >= 4 is 11.6 Å². The topological polar surface area (TPSA) is 36.9 Å². The van der Waals surface area contributed by atoms with Crippen LogP contribution in [-0.4, -0.2) is 52.1 Å². The second kappa shape index (κ2) is 13.7. The fourth-order valence-electron chi connectivity index (χ4n) is 0.787. The number of halogens is 1. The lowest BCUT2D eigenvalue weighted by atomic mass is 10.7. The molecule has 5 heteroatoms. The molecule has 0 radical (unpaired) electrons. The van der Waals surface area contributed by atoms with Crippen molar-refractivity contribution in [3.8, 4) is 0 Å². The van der Waals surface area contributed by atoms with Crippen molar-refractivity contribution in [1.29, 1.82) is 0 Å². The zero-order valence-electron chi connectivity index (χ0n) is 8.95. The number of alkyl halides is 1. The minimum absolute atomic E-state index is 0.520. The maximum Gasteiger partial charge on any atom is 0.111 e. The molecule has 0 unspecified atom stereocenters. The minimum Gasteiger partial charge on any atom is -0.499 e. The van der Waals surface area contributed by atoms with E-state index in [0.29, 0.717) is 52.1 Å². The summed E-state index contributed by atoms with van der Waals surface area (Å²) >= 11 is 5.42. The van der Waals surface area contributed by atoms with Crippen LogP contribution in [0.4, 0.5) is 0 Å². The van der Waals surface area contributed by atoms with Gasteiger partial charge in [0.2, 0.25) is 0 Å². The van der Waals surface area contributed by atoms with Gasteiger partial charge in [-0.25, -0.2) is 0 Å². The first-order valence-corrected chi connectivity index (χ1v) is 5.47. The summed E-state index contributed by atoms with van der Waals surface area (Å²) in [7, 11) is 0. The Kier molecular flexibility index (Phi) is 13.4. The van der Waals surface area contributed by atoms with Crippen LogP contribution in [0, 0.1) is 0 Å². The molecule has 0 bridgehead atoms. The summed E-state index contributed by atoms with van der Waals surface area (Å²) < 4.78 is 20.4. The molecular formula is C10H19ClO4. The lowest BCUT2D eigenvalue weighted by molar-refractivity contribution is 0.00869. The van der Waals surface area contributed by atoms with E-state index in [9.17, 15) is 0 Å². The Hall–Kier alpha value is -0.290. The molecule has 0 aliphatic carbocycles. The van der Waals surface area contributed by atoms with Gasteiger partial charge in [-0.05, 0) is 0 Å². The van der Waals surface area contributed by atoms with Crippen molar-refractivity contribution in [1.82, 2.24) is 0 Å². The van der Waals surface area contributed by atoms with Gasteiger partial charge in [-0.1, -0.05) is 6.58 Å². The van der Waals surface area contributed by atoms with Crippen LogP contribution in [0.2, 0.25) is 0 Å². The van der Waals surface area contributed by atoms with Crippen LogP contribution in [0.5, 0.6) is 0 Å². The summed E-state index contributed by atoms with van der Waals surface area (Å²) in [4.78, 5) is 0. The van der Waals surface area contributed by atoms with Crippen LogP contribution in [0.3, 0.4) is 0 Å². The van der Waals surface area contributed by atoms with Crippen molar-refractivity contribution in [3.63, 3.8) is 0 Å². The zero-order chi connectivity index (χ0) is 11.2. The smallest absolute Gasteiger partial charge is 0.111 e. The van der Waals surface area contributed by atoms with Crippen molar-refractivity contribution in [2.45, 2.75) is 0 Å². The monoisotopic (exact) mass is 238 g/mol. The Balaban J connectivity index is 2.83. The van der Waals surface area contributed by atoms with Crippen LogP contribution >= 0.6 is 11.6 Å². The highest BCUT2D eigenvalue weighted by molar-refractivity contribution is 6.17. The van der Waals surface area contributed by atoms with Gasteiger partial charge in [0, 0.05) is 5.88 Å². The lowest BCUT2D eigenvalue weighted by Crippen LogP contribution is -2.11. The standard InChI is InChI=1S/C10H19ClO4/c1-2-12-5-6-14-9-10-15-8-7-13-4-3-11/h2H,1,3-10H2. The normalized spacial score (nSPS) is 10.2. The van der Waals surface area contributed by atoms with Gasteiger partial charge in [0.1, 0.15) is 6.61 Å². The molecule has 0 atom stereocenters. The summed E-state index contributed by atoms with van der Waals surface area (Å²) in [6.07, 6.45) is 1.40. The largest absolute Gasteiger partial charge is 0.499 e. The fraction of sp³-hybridized carbons (Fsp3) is 0.800. The van der Waals surface area contributed by atoms with Crippen LogP contribution in [0.15, 0.2) is 12.8 Å². The quantitative estimate of drug-likeness (QED) is 0.293. The summed E-state index contributed by atoms with van der Waals surface area (Å²) in [5.74, 6) is 0.520. The molecule has 0 amide bonds. The first-order valence-electron chi connectivity index (χ1n) is 4.93. The van der Waals surface area contributed by atoms with Crippen LogP contribution < -0.4 is 0 Å². The van der Waals surface area contributed by atoms with Gasteiger partial charge in [0.05, 0.1) is 45.9 Å². The molecule has 0 aliphatic rings. The predicted octanol–water partition coefficient (Wildman–Crippen LogP) is 1.44. The Bertz CT molecular complexity index is 133. The fourth-order valence-corrected chi connectivity index (χ4v) is 0.896. The van der Waals surface area contributed by atoms with Gasteiger partial charge >= 0.3 is 0 Å². The SMILES string of the molecule is C=COCCOCCOCCOCCCl. The highest BCUT2D eigenvalue weighted by atomic mass is 35.5. The van der Waals surface area contributed by atoms with Gasteiger partial charge in [-0.3, -0.25) is 0 Å². The van der Waals surface area contributed by atoms with Crippen LogP contribution in [0.1, 0.15) is 0 Å². The van der Waals surface area contributed by atoms with E-state index in [1.54, 1.807) is 0 Å². The summed E-state index contributed by atoms with van der Waals surface area (Å²) in [5, 5.41) is 0. The average molecular weight is 239 g/mol. The molecule has 0 aromatic rings. The first kappa shape index (κ1) is 14.7. The molecule has 0 saturated carbocycles. The highest BCUT2D eigenvalue weighted by Crippen LogP contribution is 1.83. The van der Waals surface area contributed by atoms with Gasteiger partial charge in [0.25, 0.3) is 0 Å². The number of ether oxygens (including phenoxy) is 4. The third kappa shape index (κ3) is 13.7. The van der Waals surface area contributed by atoms with Crippen molar-refractivity contribution < 1.29 is 18.9 Å². The van der Waals surface area contributed by atoms with Gasteiger partial charge in [-0.2, -0.15) is 0 Å². The second-order valence-corrected chi connectivity index (χ2v) is 2.94. The zero-order valence-corrected chi connectivity index (χ0v) is 9.71. The molecule has 90 valence electrons. The maximum atomic E-state index is 5.42. The lowest BCUT2D eigenvalue weighted by Gasteiger charge is -2.05. The van der Waals surface area contributed by atoms with Crippen molar-refractivity contribution in [3.05, 3.63) is 12.8 Å². The molecular weight excluding hydrogens is 220 g/mol. The van der Waals surface area contributed by atoms with Crippen molar-refractivity contribution in [2.24, 2.45) is 0 Å². The van der Waals surface area contributed by atoms with Gasteiger partial charge in [-0.15, -0.1) is 11.6 Å². The molecule has 0 aliphatic heterocycles. The summed E-state index contributed by atoms with van der Waals surface area (Å²) in [6, 6.07) is 0. The molecule has 0 N–H and O–H groups in total. The molecule has 4 nitrogen and oxygen atoms in total. The second-order valence-electron chi connectivity index (χ2n) is 2.56. The summed E-state index contributed by atoms with van der Waals surface area (Å²) in [6.45, 7) is 7.35. The van der Waals surface area contributed by atoms with E-state index in [1.165, 1.54) is 6.26 Å². The third-order valence-corrected chi connectivity index (χ3v) is 1.58. The van der Waals surface area contributed by atoms with E-state index in [-0.39, 0.29) is 0 Å². The molecule has 0 fully saturated rings. The van der Waals surface area contributed by atoms with E-state index in [0.717, 1.165) is 0 Å². The third-order valence-electron chi connectivity index (χ3n) is 1.43. The Morgan fingerprint density at radius 3 is 1.73 bits per heavy atom. The molecule has 0 rings (SSSR count). The van der Waals surface area contributed by atoms with Crippen LogP contribution in [0.25, 0.3) is 0 Å². The predicted molar refractivity (Wildman–Crippen MR) is 59.3 cm³/mol. The Labute approximate surface area is 96.1 Å². The summed E-state index contributed by atoms with van der Waals surface area (Å²) in [5.41, 5.74) is 0. The first-order chi connectivity index (χ1) is 7.41. The number of hydrogen-bond donors (Lipinski definition) is 0. The van der Waals surface area contributed by atoms with E-state index in [4.69, 9.17) is 30.5 Å². The number of rotatable bonds is 12. The van der Waals surface area contributed by atoms with Crippen LogP contribution in [-0.2, 0) is 18.9 Å². The van der Waals surface area contributed by atoms with Crippen molar-refractivity contribution in [2.75, 3.05) is 52.1 Å². The maximum absolute atomic E-state index is 5.42. The van der Waals surface area contributed by atoms with E-state index in [1.807, 2.05) is 0 Å². The molecule has 0 aromatic heterocycles. The van der Waals surface area contributed by atoms with E-state index in [2.05, 4.69) is 6.58 Å². The van der Waals surface area contributed by atoms with E-state index < -0.39 is 0 Å². The molecule has 15 heavy (non-hydrogen) atoms. The Morgan fingerprint density at radius 2 is 1.27 bits per heavy atom. The molecule has 0 spiro atoms. The number of hydrogen-bond acceptors (Lipinski definition) is 4. The highest BCUT2D eigenvalue weighted by Gasteiger charge is 1.90. The van der Waals surface area contributed by atoms with E-state index >= 15 is 0 Å². The van der Waals surface area contributed by atoms with Gasteiger partial charge in [0.15, 0.2) is 0 Å². The molecule has 0 aromatic carbocycles.